The zero-order valence-corrected chi connectivity index (χ0v) is 8.51. The van der Waals surface area contributed by atoms with Gasteiger partial charge in [-0.25, -0.2) is 0 Å². The molecule has 5 nitrogen and oxygen atoms in total. The van der Waals surface area contributed by atoms with Crippen LogP contribution in [0.3, 0.4) is 0 Å². The number of hydrogen-bond acceptors (Lipinski definition) is 4. The number of aliphatic carboxylic acids is 1. The highest BCUT2D eigenvalue weighted by Gasteiger charge is 2.14. The fourth-order valence-electron chi connectivity index (χ4n) is 1.27. The summed E-state index contributed by atoms with van der Waals surface area (Å²) in [5.41, 5.74) is 6.41. The van der Waals surface area contributed by atoms with E-state index in [9.17, 15) is 4.79 Å². The zero-order chi connectivity index (χ0) is 11.3. The molecule has 5 heteroatoms. The summed E-state index contributed by atoms with van der Waals surface area (Å²) in [6, 6.07) is 3.09. The van der Waals surface area contributed by atoms with Crippen LogP contribution in [0.5, 0.6) is 5.75 Å². The Morgan fingerprint density at radius 1 is 1.73 bits per heavy atom. The summed E-state index contributed by atoms with van der Waals surface area (Å²) in [4.78, 5) is 14.5. The molecule has 1 rings (SSSR count). The highest BCUT2D eigenvalue weighted by Crippen LogP contribution is 2.23. The lowest BCUT2D eigenvalue weighted by atomic mass is 10.1. The number of aromatic nitrogens is 1. The number of nitrogens with zero attached hydrogens (tertiary/aromatic N) is 1. The van der Waals surface area contributed by atoms with Gasteiger partial charge in [-0.15, -0.1) is 0 Å². The molecule has 3 N–H and O–H groups in total. The molecule has 1 unspecified atom stereocenters. The van der Waals surface area contributed by atoms with Crippen LogP contribution in [0.2, 0.25) is 0 Å². The van der Waals surface area contributed by atoms with Gasteiger partial charge >= 0.3 is 5.97 Å². The lowest BCUT2D eigenvalue weighted by Gasteiger charge is -2.12. The number of pyridine rings is 1. The predicted octanol–water partition coefficient (Wildman–Crippen LogP) is 0.955. The van der Waals surface area contributed by atoms with E-state index in [-0.39, 0.29) is 6.42 Å². The Balaban J connectivity index is 2.72. The SMILES string of the molecule is COc1cccnc1C(N)CCC(=O)O. The van der Waals surface area contributed by atoms with Crippen molar-refractivity contribution in [2.75, 3.05) is 7.11 Å². The van der Waals surface area contributed by atoms with E-state index in [0.29, 0.717) is 17.9 Å². The molecule has 0 aromatic carbocycles. The third kappa shape index (κ3) is 3.21. The molecule has 0 amide bonds. The van der Waals surface area contributed by atoms with Crippen molar-refractivity contribution in [2.45, 2.75) is 18.9 Å². The van der Waals surface area contributed by atoms with Crippen LogP contribution in [0, 0.1) is 0 Å². The third-order valence-electron chi connectivity index (χ3n) is 2.04. The molecule has 1 atom stereocenters. The largest absolute Gasteiger partial charge is 0.495 e. The minimum atomic E-state index is -0.861. The van der Waals surface area contributed by atoms with E-state index in [4.69, 9.17) is 15.6 Å². The number of nitrogens with two attached hydrogens (primary N) is 1. The van der Waals surface area contributed by atoms with Crippen LogP contribution >= 0.6 is 0 Å². The van der Waals surface area contributed by atoms with Gasteiger partial charge < -0.3 is 15.6 Å². The van der Waals surface area contributed by atoms with Crippen LogP contribution in [-0.2, 0) is 4.79 Å². The summed E-state index contributed by atoms with van der Waals surface area (Å²) >= 11 is 0. The highest BCUT2D eigenvalue weighted by molar-refractivity contribution is 5.66. The molecule has 0 fully saturated rings. The van der Waals surface area contributed by atoms with E-state index >= 15 is 0 Å². The monoisotopic (exact) mass is 210 g/mol. The Morgan fingerprint density at radius 2 is 2.47 bits per heavy atom. The summed E-state index contributed by atoms with van der Waals surface area (Å²) in [5, 5.41) is 8.53. The third-order valence-corrected chi connectivity index (χ3v) is 2.04. The van der Waals surface area contributed by atoms with Gasteiger partial charge in [0, 0.05) is 12.6 Å². The number of rotatable bonds is 5. The van der Waals surface area contributed by atoms with Crippen molar-refractivity contribution < 1.29 is 14.6 Å². The molecule has 82 valence electrons. The second kappa shape index (κ2) is 5.31. The van der Waals surface area contributed by atoms with Crippen molar-refractivity contribution in [3.05, 3.63) is 24.0 Å². The molecule has 0 aliphatic carbocycles. The van der Waals surface area contributed by atoms with Gasteiger partial charge in [0.25, 0.3) is 0 Å². The first-order valence-electron chi connectivity index (χ1n) is 4.61. The number of ether oxygens (including phenoxy) is 1. The van der Waals surface area contributed by atoms with E-state index in [0.717, 1.165) is 0 Å². The Kier molecular flexibility index (Phi) is 4.05. The molecule has 1 heterocycles. The van der Waals surface area contributed by atoms with Crippen molar-refractivity contribution in [3.63, 3.8) is 0 Å². The van der Waals surface area contributed by atoms with Crippen LogP contribution in [0.15, 0.2) is 18.3 Å². The smallest absolute Gasteiger partial charge is 0.303 e. The Bertz CT molecular complexity index is 341. The van der Waals surface area contributed by atoms with Gasteiger partial charge in [-0.05, 0) is 18.6 Å². The molecule has 1 aromatic heterocycles. The zero-order valence-electron chi connectivity index (χ0n) is 8.51. The van der Waals surface area contributed by atoms with Crippen molar-refractivity contribution in [2.24, 2.45) is 5.73 Å². The van der Waals surface area contributed by atoms with Crippen molar-refractivity contribution in [3.8, 4) is 5.75 Å². The van der Waals surface area contributed by atoms with Gasteiger partial charge in [-0.3, -0.25) is 9.78 Å². The summed E-state index contributed by atoms with van der Waals surface area (Å²) in [6.45, 7) is 0. The van der Waals surface area contributed by atoms with E-state index in [1.54, 1.807) is 18.3 Å². The number of carbonyl (C=O) groups is 1. The second-order valence-electron chi connectivity index (χ2n) is 3.13. The Hall–Kier alpha value is -1.62. The summed E-state index contributed by atoms with van der Waals surface area (Å²) in [6.07, 6.45) is 1.99. The van der Waals surface area contributed by atoms with Crippen LogP contribution in [0.25, 0.3) is 0 Å². The van der Waals surface area contributed by atoms with E-state index < -0.39 is 12.0 Å². The molecule has 0 saturated heterocycles. The van der Waals surface area contributed by atoms with Crippen LogP contribution < -0.4 is 10.5 Å². The molecule has 1 aromatic rings. The van der Waals surface area contributed by atoms with Gasteiger partial charge in [0.15, 0.2) is 0 Å². The van der Waals surface area contributed by atoms with Crippen LogP contribution in [0.1, 0.15) is 24.6 Å². The Morgan fingerprint density at radius 3 is 3.07 bits per heavy atom. The summed E-state index contributed by atoms with van der Waals surface area (Å²) in [7, 11) is 1.53. The molecule has 0 radical (unpaired) electrons. The number of methoxy groups -OCH3 is 1. The first-order valence-corrected chi connectivity index (χ1v) is 4.61. The van der Waals surface area contributed by atoms with Gasteiger partial charge in [0.1, 0.15) is 5.75 Å². The minimum absolute atomic E-state index is 0.0287. The maximum absolute atomic E-state index is 10.4. The first kappa shape index (κ1) is 11.5. The fraction of sp³-hybridized carbons (Fsp3) is 0.400. The van der Waals surface area contributed by atoms with Crippen molar-refractivity contribution >= 4 is 5.97 Å². The lowest BCUT2D eigenvalue weighted by Crippen LogP contribution is -2.14. The molecular weight excluding hydrogens is 196 g/mol. The first-order chi connectivity index (χ1) is 7.15. The summed E-state index contributed by atoms with van der Waals surface area (Å²) in [5.74, 6) is -0.268. The fourth-order valence-corrected chi connectivity index (χ4v) is 1.27. The maximum Gasteiger partial charge on any atom is 0.303 e. The van der Waals surface area contributed by atoms with Gasteiger partial charge in [0.2, 0.25) is 0 Å². The molecule has 15 heavy (non-hydrogen) atoms. The van der Waals surface area contributed by atoms with E-state index in [1.165, 1.54) is 7.11 Å². The Labute approximate surface area is 87.9 Å². The normalized spacial score (nSPS) is 12.1. The molecular formula is C10H14N2O3. The topological polar surface area (TPSA) is 85.4 Å². The molecule has 0 saturated carbocycles. The van der Waals surface area contributed by atoms with Crippen LogP contribution in [0.4, 0.5) is 0 Å². The quantitative estimate of drug-likeness (QED) is 0.755. The highest BCUT2D eigenvalue weighted by atomic mass is 16.5. The number of carboxylic acid groups (broad SMARTS) is 1. The predicted molar refractivity (Wildman–Crippen MR) is 54.6 cm³/mol. The molecule has 0 aliphatic rings. The second-order valence-corrected chi connectivity index (χ2v) is 3.13. The maximum atomic E-state index is 10.4. The van der Waals surface area contributed by atoms with Crippen molar-refractivity contribution in [1.29, 1.82) is 0 Å². The average Bonchev–Trinajstić information content (AvgIpc) is 2.25. The molecule has 0 aliphatic heterocycles. The van der Waals surface area contributed by atoms with Crippen molar-refractivity contribution in [1.82, 2.24) is 4.98 Å². The van der Waals surface area contributed by atoms with Gasteiger partial charge in [-0.1, -0.05) is 0 Å². The summed E-state index contributed by atoms with van der Waals surface area (Å²) < 4.78 is 5.08. The van der Waals surface area contributed by atoms with E-state index in [1.807, 2.05) is 0 Å². The minimum Gasteiger partial charge on any atom is -0.495 e. The lowest BCUT2D eigenvalue weighted by molar-refractivity contribution is -0.137. The number of carboxylic acids is 1. The average molecular weight is 210 g/mol. The van der Waals surface area contributed by atoms with Crippen LogP contribution in [-0.4, -0.2) is 23.2 Å². The van der Waals surface area contributed by atoms with E-state index in [2.05, 4.69) is 4.98 Å². The molecule has 0 spiro atoms. The molecule has 0 bridgehead atoms. The van der Waals surface area contributed by atoms with Gasteiger partial charge in [0.05, 0.1) is 18.8 Å². The van der Waals surface area contributed by atoms with Gasteiger partial charge in [-0.2, -0.15) is 0 Å². The number of hydrogen-bond donors (Lipinski definition) is 2. The standard InChI is InChI=1S/C10H14N2O3/c1-15-8-3-2-6-12-10(8)7(11)4-5-9(13)14/h2-3,6-7H,4-5,11H2,1H3,(H,13,14).